The van der Waals surface area contributed by atoms with Crippen LogP contribution in [0, 0.1) is 6.92 Å². The molecular formula is C9H6Cl2N2O. The summed E-state index contributed by atoms with van der Waals surface area (Å²) in [5.41, 5.74) is 1.53. The largest absolute Gasteiger partial charge is 0.504 e. The van der Waals surface area contributed by atoms with E-state index in [9.17, 15) is 5.11 Å². The SMILES string of the molecule is Cc1cnc2c(O)c(Cl)cc(Cl)c2n1. The molecule has 1 N–H and O–H groups in total. The van der Waals surface area contributed by atoms with Gasteiger partial charge in [-0.3, -0.25) is 0 Å². The van der Waals surface area contributed by atoms with E-state index in [0.29, 0.717) is 16.1 Å². The van der Waals surface area contributed by atoms with Crippen molar-refractivity contribution >= 4 is 34.2 Å². The predicted molar refractivity (Wildman–Crippen MR) is 56.0 cm³/mol. The minimum atomic E-state index is -0.0847. The van der Waals surface area contributed by atoms with Crippen molar-refractivity contribution in [1.29, 1.82) is 0 Å². The van der Waals surface area contributed by atoms with Crippen LogP contribution >= 0.6 is 23.2 Å². The molecule has 0 bridgehead atoms. The van der Waals surface area contributed by atoms with Gasteiger partial charge in [0.15, 0.2) is 5.75 Å². The third kappa shape index (κ3) is 1.38. The number of aromatic nitrogens is 2. The number of aromatic hydroxyl groups is 1. The maximum absolute atomic E-state index is 9.58. The third-order valence-electron chi connectivity index (χ3n) is 1.82. The monoisotopic (exact) mass is 228 g/mol. The minimum absolute atomic E-state index is 0.0847. The Morgan fingerprint density at radius 2 is 1.93 bits per heavy atom. The highest BCUT2D eigenvalue weighted by Gasteiger charge is 2.11. The first-order chi connectivity index (χ1) is 6.59. The van der Waals surface area contributed by atoms with Gasteiger partial charge >= 0.3 is 0 Å². The molecule has 1 aromatic carbocycles. The van der Waals surface area contributed by atoms with Gasteiger partial charge in [0, 0.05) is 6.20 Å². The van der Waals surface area contributed by atoms with Crippen LogP contribution in [0.5, 0.6) is 5.75 Å². The van der Waals surface area contributed by atoms with E-state index in [1.807, 2.05) is 0 Å². The number of rotatable bonds is 0. The number of nitrogens with zero attached hydrogens (tertiary/aromatic N) is 2. The highest BCUT2D eigenvalue weighted by atomic mass is 35.5. The lowest BCUT2D eigenvalue weighted by atomic mass is 10.2. The van der Waals surface area contributed by atoms with Gasteiger partial charge in [-0.25, -0.2) is 9.97 Å². The molecule has 0 aliphatic carbocycles. The van der Waals surface area contributed by atoms with Crippen LogP contribution in [0.25, 0.3) is 11.0 Å². The predicted octanol–water partition coefficient (Wildman–Crippen LogP) is 2.95. The van der Waals surface area contributed by atoms with Crippen LogP contribution in [-0.2, 0) is 0 Å². The molecule has 0 saturated heterocycles. The number of aryl methyl sites for hydroxylation is 1. The average molecular weight is 229 g/mol. The molecule has 72 valence electrons. The maximum Gasteiger partial charge on any atom is 0.162 e. The standard InChI is InChI=1S/C9H6Cl2N2O/c1-4-3-12-8-7(13-4)5(10)2-6(11)9(8)14/h2-3,14H,1H3. The molecular weight excluding hydrogens is 223 g/mol. The van der Waals surface area contributed by atoms with Crippen LogP contribution in [0.4, 0.5) is 0 Å². The molecule has 14 heavy (non-hydrogen) atoms. The van der Waals surface area contributed by atoms with E-state index < -0.39 is 0 Å². The molecule has 3 nitrogen and oxygen atoms in total. The first-order valence-corrected chi connectivity index (χ1v) is 4.65. The van der Waals surface area contributed by atoms with Gasteiger partial charge in [0.05, 0.1) is 15.7 Å². The van der Waals surface area contributed by atoms with Gasteiger partial charge < -0.3 is 5.11 Å². The third-order valence-corrected chi connectivity index (χ3v) is 2.40. The molecule has 0 aliphatic heterocycles. The van der Waals surface area contributed by atoms with Gasteiger partial charge in [0.25, 0.3) is 0 Å². The average Bonchev–Trinajstić information content (AvgIpc) is 2.14. The van der Waals surface area contributed by atoms with Crippen molar-refractivity contribution in [2.45, 2.75) is 6.92 Å². The Morgan fingerprint density at radius 3 is 2.64 bits per heavy atom. The highest BCUT2D eigenvalue weighted by molar-refractivity contribution is 6.39. The van der Waals surface area contributed by atoms with Crippen LogP contribution < -0.4 is 0 Å². The molecule has 0 atom stereocenters. The Hall–Kier alpha value is -1.06. The number of phenols is 1. The summed E-state index contributed by atoms with van der Waals surface area (Å²) >= 11 is 11.6. The Morgan fingerprint density at radius 1 is 1.21 bits per heavy atom. The van der Waals surface area contributed by atoms with Crippen molar-refractivity contribution in [2.75, 3.05) is 0 Å². The summed E-state index contributed by atoms with van der Waals surface area (Å²) in [5, 5.41) is 10.1. The number of fused-ring (bicyclic) bond motifs is 1. The number of hydrogen-bond donors (Lipinski definition) is 1. The second-order valence-corrected chi connectivity index (χ2v) is 3.71. The molecule has 1 heterocycles. The quantitative estimate of drug-likeness (QED) is 0.755. The normalized spacial score (nSPS) is 10.8. The molecule has 0 aliphatic rings. The van der Waals surface area contributed by atoms with Crippen LogP contribution in [0.1, 0.15) is 5.69 Å². The van der Waals surface area contributed by atoms with E-state index in [2.05, 4.69) is 9.97 Å². The molecule has 0 fully saturated rings. The van der Waals surface area contributed by atoms with E-state index in [1.54, 1.807) is 13.1 Å². The Kier molecular flexibility index (Phi) is 2.21. The summed E-state index contributed by atoms with van der Waals surface area (Å²) < 4.78 is 0. The van der Waals surface area contributed by atoms with E-state index in [-0.39, 0.29) is 10.8 Å². The summed E-state index contributed by atoms with van der Waals surface area (Å²) in [5.74, 6) is -0.0847. The summed E-state index contributed by atoms with van der Waals surface area (Å²) in [4.78, 5) is 8.18. The molecule has 0 spiro atoms. The summed E-state index contributed by atoms with van der Waals surface area (Å²) in [7, 11) is 0. The number of halogens is 2. The molecule has 0 amide bonds. The van der Waals surface area contributed by atoms with Crippen molar-refractivity contribution in [1.82, 2.24) is 9.97 Å². The fourth-order valence-electron chi connectivity index (χ4n) is 1.18. The Balaban J connectivity index is 2.94. The fourth-order valence-corrected chi connectivity index (χ4v) is 1.67. The van der Waals surface area contributed by atoms with Gasteiger partial charge in [0.1, 0.15) is 11.0 Å². The van der Waals surface area contributed by atoms with E-state index in [4.69, 9.17) is 23.2 Å². The van der Waals surface area contributed by atoms with E-state index in [0.717, 1.165) is 5.69 Å². The summed E-state index contributed by atoms with van der Waals surface area (Å²) in [6.45, 7) is 1.80. The van der Waals surface area contributed by atoms with Crippen LogP contribution in [0.15, 0.2) is 12.3 Å². The smallest absolute Gasteiger partial charge is 0.162 e. The van der Waals surface area contributed by atoms with Gasteiger partial charge in [0.2, 0.25) is 0 Å². The molecule has 2 aromatic rings. The molecule has 5 heteroatoms. The van der Waals surface area contributed by atoms with Gasteiger partial charge in [-0.15, -0.1) is 0 Å². The molecule has 2 rings (SSSR count). The first-order valence-electron chi connectivity index (χ1n) is 3.90. The van der Waals surface area contributed by atoms with Crippen molar-refractivity contribution in [3.05, 3.63) is 28.0 Å². The van der Waals surface area contributed by atoms with Crippen LogP contribution in [0.3, 0.4) is 0 Å². The zero-order valence-electron chi connectivity index (χ0n) is 7.25. The van der Waals surface area contributed by atoms with E-state index in [1.165, 1.54) is 6.07 Å². The summed E-state index contributed by atoms with van der Waals surface area (Å²) in [6.07, 6.45) is 1.55. The van der Waals surface area contributed by atoms with Crippen LogP contribution in [-0.4, -0.2) is 15.1 Å². The summed E-state index contributed by atoms with van der Waals surface area (Å²) in [6, 6.07) is 1.45. The minimum Gasteiger partial charge on any atom is -0.504 e. The number of benzene rings is 1. The Bertz CT molecular complexity index is 514. The highest BCUT2D eigenvalue weighted by Crippen LogP contribution is 2.34. The van der Waals surface area contributed by atoms with Crippen molar-refractivity contribution in [2.24, 2.45) is 0 Å². The second-order valence-electron chi connectivity index (χ2n) is 2.90. The lowest BCUT2D eigenvalue weighted by Gasteiger charge is -2.04. The van der Waals surface area contributed by atoms with Crippen LogP contribution in [0.2, 0.25) is 10.0 Å². The van der Waals surface area contributed by atoms with Gasteiger partial charge in [-0.2, -0.15) is 0 Å². The zero-order valence-corrected chi connectivity index (χ0v) is 8.76. The molecule has 0 radical (unpaired) electrons. The molecule has 0 unspecified atom stereocenters. The maximum atomic E-state index is 9.58. The first kappa shape index (κ1) is 9.49. The Labute approximate surface area is 90.3 Å². The zero-order chi connectivity index (χ0) is 10.3. The van der Waals surface area contributed by atoms with Crippen molar-refractivity contribution in [3.63, 3.8) is 0 Å². The van der Waals surface area contributed by atoms with Crippen molar-refractivity contribution < 1.29 is 5.11 Å². The number of hydrogen-bond acceptors (Lipinski definition) is 3. The lowest BCUT2D eigenvalue weighted by Crippen LogP contribution is -1.89. The van der Waals surface area contributed by atoms with E-state index >= 15 is 0 Å². The number of phenolic OH excluding ortho intramolecular Hbond substituents is 1. The topological polar surface area (TPSA) is 46.0 Å². The fraction of sp³-hybridized carbons (Fsp3) is 0.111. The second kappa shape index (κ2) is 3.26. The lowest BCUT2D eigenvalue weighted by molar-refractivity contribution is 0.480. The molecule has 0 saturated carbocycles. The van der Waals surface area contributed by atoms with Gasteiger partial charge in [-0.05, 0) is 13.0 Å². The molecule has 1 aromatic heterocycles. The van der Waals surface area contributed by atoms with Gasteiger partial charge in [-0.1, -0.05) is 23.2 Å². The van der Waals surface area contributed by atoms with Crippen molar-refractivity contribution in [3.8, 4) is 5.75 Å².